The number of rotatable bonds is 5. The summed E-state index contributed by atoms with van der Waals surface area (Å²) in [5.41, 5.74) is 5.60. The summed E-state index contributed by atoms with van der Waals surface area (Å²) in [6, 6.07) is 9.58. The molecule has 7 nitrogen and oxygen atoms in total. The van der Waals surface area contributed by atoms with Crippen LogP contribution < -0.4 is 10.2 Å². The Balaban J connectivity index is 0.00000256. The van der Waals surface area contributed by atoms with Crippen molar-refractivity contribution in [2.24, 2.45) is 0 Å². The van der Waals surface area contributed by atoms with Crippen molar-refractivity contribution in [1.82, 2.24) is 20.0 Å². The van der Waals surface area contributed by atoms with Crippen LogP contribution in [0.15, 0.2) is 36.5 Å². The number of amides is 1. The minimum absolute atomic E-state index is 0. The second kappa shape index (κ2) is 8.83. The number of likely N-dealkylation sites (N-methyl/N-ethyl adjacent to an activating group) is 1. The molecule has 30 heavy (non-hydrogen) atoms. The van der Waals surface area contributed by atoms with Crippen LogP contribution >= 0.6 is 11.6 Å². The highest BCUT2D eigenvalue weighted by Gasteiger charge is 2.28. The molecule has 2 aromatic heterocycles. The molecule has 3 aromatic rings. The van der Waals surface area contributed by atoms with E-state index in [1.54, 1.807) is 0 Å². The van der Waals surface area contributed by atoms with Crippen LogP contribution in [0.1, 0.15) is 37.0 Å². The molecule has 158 valence electrons. The highest BCUT2D eigenvalue weighted by atomic mass is 35.5. The molecule has 1 aliphatic heterocycles. The first-order valence-electron chi connectivity index (χ1n) is 9.58. The maximum atomic E-state index is 12.1. The van der Waals surface area contributed by atoms with Crippen LogP contribution in [-0.2, 0) is 24.2 Å². The predicted octanol–water partition coefficient (Wildman–Crippen LogP) is 3.88. The van der Waals surface area contributed by atoms with E-state index in [9.17, 15) is 4.79 Å². The van der Waals surface area contributed by atoms with E-state index < -0.39 is 0 Å². The number of hydrogen-bond acceptors (Lipinski definition) is 5. The molecule has 0 radical (unpaired) electrons. The molecule has 0 bridgehead atoms. The number of anilines is 2. The number of pyridine rings is 1. The standard InChI is InChI=1S/C21H23ClN6O.CH4/c1-13-20-19(27(3)14(2)21(29)24-20)10-17(23-13)7-8-18-12-28(26-25-18)11-15-5-4-6-16(22)9-15;/h4-6,9-10,12,14H,7-8,11H2,1-3H3,(H,24,29);1H4/t14-;/m0./s1. The summed E-state index contributed by atoms with van der Waals surface area (Å²) in [5.74, 6) is -0.00559. The predicted molar refractivity (Wildman–Crippen MR) is 120 cm³/mol. The van der Waals surface area contributed by atoms with Crippen molar-refractivity contribution in [3.63, 3.8) is 0 Å². The summed E-state index contributed by atoms with van der Waals surface area (Å²) in [6.45, 7) is 4.45. The first kappa shape index (κ1) is 21.8. The number of halogens is 1. The number of nitrogens with zero attached hydrogens (tertiary/aromatic N) is 5. The van der Waals surface area contributed by atoms with Crippen LogP contribution in [0.25, 0.3) is 0 Å². The van der Waals surface area contributed by atoms with Gasteiger partial charge < -0.3 is 10.2 Å². The largest absolute Gasteiger partial charge is 0.361 e. The third kappa shape index (κ3) is 4.46. The Morgan fingerprint density at radius 3 is 2.73 bits per heavy atom. The van der Waals surface area contributed by atoms with E-state index in [0.717, 1.165) is 46.9 Å². The lowest BCUT2D eigenvalue weighted by atomic mass is 10.1. The van der Waals surface area contributed by atoms with E-state index in [-0.39, 0.29) is 19.4 Å². The number of aryl methyl sites for hydroxylation is 3. The molecule has 0 unspecified atom stereocenters. The SMILES string of the molecule is C.Cc1nc(CCc2cn(Cc3cccc(Cl)c3)nn2)cc2c1NC(=O)[C@H](C)N2C. The van der Waals surface area contributed by atoms with E-state index >= 15 is 0 Å². The Kier molecular flexibility index (Phi) is 6.41. The minimum Gasteiger partial charge on any atom is -0.361 e. The van der Waals surface area contributed by atoms with Crippen molar-refractivity contribution in [2.75, 3.05) is 17.3 Å². The summed E-state index contributed by atoms with van der Waals surface area (Å²) >= 11 is 6.05. The number of aromatic nitrogens is 4. The summed E-state index contributed by atoms with van der Waals surface area (Å²) < 4.78 is 1.82. The van der Waals surface area contributed by atoms with Gasteiger partial charge in [0, 0.05) is 24.0 Å². The fraction of sp³-hybridized carbons (Fsp3) is 0.364. The van der Waals surface area contributed by atoms with Gasteiger partial charge in [0.2, 0.25) is 5.91 Å². The van der Waals surface area contributed by atoms with E-state index in [2.05, 4.69) is 26.7 Å². The monoisotopic (exact) mass is 426 g/mol. The van der Waals surface area contributed by atoms with Gasteiger partial charge in [0.05, 0.1) is 29.3 Å². The molecule has 0 saturated carbocycles. The van der Waals surface area contributed by atoms with Gasteiger partial charge in [-0.15, -0.1) is 5.10 Å². The molecule has 0 fully saturated rings. The van der Waals surface area contributed by atoms with Crippen molar-refractivity contribution in [3.05, 3.63) is 64.2 Å². The fourth-order valence-corrected chi connectivity index (χ4v) is 3.71. The van der Waals surface area contributed by atoms with E-state index in [0.29, 0.717) is 11.6 Å². The first-order chi connectivity index (χ1) is 13.9. The topological polar surface area (TPSA) is 75.9 Å². The van der Waals surface area contributed by atoms with Crippen molar-refractivity contribution in [2.45, 2.75) is 46.7 Å². The zero-order chi connectivity index (χ0) is 20.5. The van der Waals surface area contributed by atoms with Crippen LogP contribution in [0.2, 0.25) is 5.02 Å². The Morgan fingerprint density at radius 2 is 1.97 bits per heavy atom. The zero-order valence-electron chi connectivity index (χ0n) is 16.7. The number of nitrogens with one attached hydrogen (secondary N) is 1. The van der Waals surface area contributed by atoms with Gasteiger partial charge >= 0.3 is 0 Å². The molecule has 0 saturated heterocycles. The Labute approximate surface area is 182 Å². The zero-order valence-corrected chi connectivity index (χ0v) is 17.4. The van der Waals surface area contributed by atoms with Crippen LogP contribution in [0, 0.1) is 6.92 Å². The molecule has 0 aliphatic carbocycles. The highest BCUT2D eigenvalue weighted by Crippen LogP contribution is 2.33. The molecule has 1 amide bonds. The fourth-order valence-electron chi connectivity index (χ4n) is 3.50. The maximum absolute atomic E-state index is 12.1. The van der Waals surface area contributed by atoms with Gasteiger partial charge in [-0.2, -0.15) is 0 Å². The van der Waals surface area contributed by atoms with E-state index in [1.807, 2.05) is 60.9 Å². The molecule has 1 N–H and O–H groups in total. The van der Waals surface area contributed by atoms with Crippen molar-refractivity contribution in [1.29, 1.82) is 0 Å². The first-order valence-corrected chi connectivity index (χ1v) is 9.96. The molecule has 1 aromatic carbocycles. The Bertz CT molecular complexity index is 1060. The lowest BCUT2D eigenvalue weighted by Crippen LogP contribution is -2.44. The quantitative estimate of drug-likeness (QED) is 0.670. The molecular formula is C22H27ClN6O. The van der Waals surface area contributed by atoms with E-state index in [4.69, 9.17) is 11.6 Å². The van der Waals surface area contributed by atoms with Gasteiger partial charge in [-0.1, -0.05) is 36.4 Å². The lowest BCUT2D eigenvalue weighted by Gasteiger charge is -2.34. The van der Waals surface area contributed by atoms with Crippen molar-refractivity contribution < 1.29 is 4.79 Å². The molecule has 1 atom stereocenters. The Hall–Kier alpha value is -2.93. The Morgan fingerprint density at radius 1 is 1.20 bits per heavy atom. The third-order valence-corrected chi connectivity index (χ3v) is 5.51. The molecule has 4 rings (SSSR count). The van der Waals surface area contributed by atoms with E-state index in [1.165, 1.54) is 0 Å². The number of hydrogen-bond donors (Lipinski definition) is 1. The van der Waals surface area contributed by atoms with Gasteiger partial charge in [0.1, 0.15) is 6.04 Å². The summed E-state index contributed by atoms with van der Waals surface area (Å²) in [5, 5.41) is 12.2. The second-order valence-electron chi connectivity index (χ2n) is 7.41. The van der Waals surface area contributed by atoms with Crippen LogP contribution in [0.4, 0.5) is 11.4 Å². The van der Waals surface area contributed by atoms with Gasteiger partial charge in [0.25, 0.3) is 0 Å². The molecule has 8 heteroatoms. The molecule has 0 spiro atoms. The van der Waals surface area contributed by atoms with Gasteiger partial charge in [-0.25, -0.2) is 4.68 Å². The summed E-state index contributed by atoms with van der Waals surface area (Å²) in [4.78, 5) is 18.7. The molecular weight excluding hydrogens is 400 g/mol. The minimum atomic E-state index is -0.205. The smallest absolute Gasteiger partial charge is 0.246 e. The van der Waals surface area contributed by atoms with Crippen molar-refractivity contribution in [3.8, 4) is 0 Å². The average Bonchev–Trinajstić information content (AvgIpc) is 3.13. The van der Waals surface area contributed by atoms with Gasteiger partial charge in [0.15, 0.2) is 0 Å². The van der Waals surface area contributed by atoms with Gasteiger partial charge in [-0.05, 0) is 50.5 Å². The number of fused-ring (bicyclic) bond motifs is 1. The number of carbonyl (C=O) groups excluding carboxylic acids is 1. The number of benzene rings is 1. The molecule has 3 heterocycles. The lowest BCUT2D eigenvalue weighted by molar-refractivity contribution is -0.117. The van der Waals surface area contributed by atoms with Crippen LogP contribution in [0.3, 0.4) is 0 Å². The summed E-state index contributed by atoms with van der Waals surface area (Å²) in [6.07, 6.45) is 3.45. The highest BCUT2D eigenvalue weighted by molar-refractivity contribution is 6.30. The van der Waals surface area contributed by atoms with Crippen LogP contribution in [0.5, 0.6) is 0 Å². The molecule has 1 aliphatic rings. The summed E-state index contributed by atoms with van der Waals surface area (Å²) in [7, 11) is 1.94. The third-order valence-electron chi connectivity index (χ3n) is 5.28. The average molecular weight is 427 g/mol. The normalized spacial score (nSPS) is 15.4. The maximum Gasteiger partial charge on any atom is 0.246 e. The van der Waals surface area contributed by atoms with Crippen LogP contribution in [-0.4, -0.2) is 39.0 Å². The van der Waals surface area contributed by atoms with Gasteiger partial charge in [-0.3, -0.25) is 9.78 Å². The second-order valence-corrected chi connectivity index (χ2v) is 7.84. The number of carbonyl (C=O) groups is 1. The van der Waals surface area contributed by atoms with Crippen molar-refractivity contribution >= 4 is 28.9 Å².